The van der Waals surface area contributed by atoms with Crippen molar-refractivity contribution in [2.24, 2.45) is 0 Å². The number of fused-ring (bicyclic) bond motifs is 1. The minimum absolute atomic E-state index is 0. The van der Waals surface area contributed by atoms with Gasteiger partial charge in [0.1, 0.15) is 0 Å². The number of benzene rings is 2. The van der Waals surface area contributed by atoms with E-state index >= 15 is 0 Å². The highest BCUT2D eigenvalue weighted by molar-refractivity contribution is 7.99. The maximum Gasteiger partial charge on any atom is 0.0406 e. The first-order valence-electron chi connectivity index (χ1n) is 8.59. The standard InChI is InChI=1S/C20H22ClNS.ClH/c21-16-6-11-19(12-7-16)23-18-9-4-15(5-10-18)20-13-8-17-3-1-2-14-22(17)20;/h4-7,9-12,17,20H,1-3,8,13-14H2;1H/t17-,20+;/m1./s1. The van der Waals surface area contributed by atoms with E-state index in [0.29, 0.717) is 6.04 Å². The molecular weight excluding hydrogens is 357 g/mol. The van der Waals surface area contributed by atoms with Crippen LogP contribution in [0.5, 0.6) is 0 Å². The molecule has 1 nitrogen and oxygen atoms in total. The molecule has 0 aliphatic carbocycles. The molecule has 0 spiro atoms. The summed E-state index contributed by atoms with van der Waals surface area (Å²) in [6.45, 7) is 1.29. The van der Waals surface area contributed by atoms with Crippen LogP contribution in [-0.2, 0) is 0 Å². The SMILES string of the molecule is Cl.Clc1ccc(Sc2ccc([C@@H]3CC[C@H]4CCCCN43)cc2)cc1. The average molecular weight is 380 g/mol. The van der Waals surface area contributed by atoms with Crippen LogP contribution in [0, 0.1) is 0 Å². The third-order valence-electron chi connectivity index (χ3n) is 5.16. The summed E-state index contributed by atoms with van der Waals surface area (Å²) in [4.78, 5) is 5.29. The maximum atomic E-state index is 5.95. The summed E-state index contributed by atoms with van der Waals surface area (Å²) in [7, 11) is 0. The zero-order valence-corrected chi connectivity index (χ0v) is 16.0. The molecule has 24 heavy (non-hydrogen) atoms. The Hall–Kier alpha value is -0.670. The molecule has 2 aromatic rings. The largest absolute Gasteiger partial charge is 0.293 e. The van der Waals surface area contributed by atoms with Gasteiger partial charge in [0, 0.05) is 26.9 Å². The molecule has 2 atom stereocenters. The first-order valence-corrected chi connectivity index (χ1v) is 9.78. The van der Waals surface area contributed by atoms with E-state index in [1.54, 1.807) is 11.8 Å². The Balaban J connectivity index is 0.00000169. The van der Waals surface area contributed by atoms with Crippen molar-refractivity contribution < 1.29 is 0 Å². The van der Waals surface area contributed by atoms with Gasteiger partial charge in [0.2, 0.25) is 0 Å². The highest BCUT2D eigenvalue weighted by Crippen LogP contribution is 2.40. The molecular formula is C20H23Cl2NS. The summed E-state index contributed by atoms with van der Waals surface area (Å²) in [5.41, 5.74) is 1.50. The molecule has 0 amide bonds. The van der Waals surface area contributed by atoms with E-state index in [1.807, 2.05) is 12.1 Å². The molecule has 2 aliphatic rings. The fraction of sp³-hybridized carbons (Fsp3) is 0.400. The summed E-state index contributed by atoms with van der Waals surface area (Å²) >= 11 is 7.75. The lowest BCUT2D eigenvalue weighted by Crippen LogP contribution is -2.35. The van der Waals surface area contributed by atoms with E-state index in [9.17, 15) is 0 Å². The number of hydrogen-bond donors (Lipinski definition) is 0. The number of hydrogen-bond acceptors (Lipinski definition) is 2. The summed E-state index contributed by atoms with van der Waals surface area (Å²) < 4.78 is 0. The van der Waals surface area contributed by atoms with E-state index in [4.69, 9.17) is 11.6 Å². The molecule has 2 aliphatic heterocycles. The van der Waals surface area contributed by atoms with E-state index in [0.717, 1.165) is 11.1 Å². The van der Waals surface area contributed by atoms with Crippen LogP contribution in [0.15, 0.2) is 58.3 Å². The van der Waals surface area contributed by atoms with Gasteiger partial charge >= 0.3 is 0 Å². The first kappa shape index (κ1) is 18.1. The number of nitrogens with zero attached hydrogens (tertiary/aromatic N) is 1. The molecule has 4 rings (SSSR count). The fourth-order valence-corrected chi connectivity index (χ4v) is 4.96. The fourth-order valence-electron chi connectivity index (χ4n) is 4.01. The molecule has 0 N–H and O–H groups in total. The summed E-state index contributed by atoms with van der Waals surface area (Å²) in [6.07, 6.45) is 6.91. The first-order chi connectivity index (χ1) is 11.3. The quantitative estimate of drug-likeness (QED) is 0.590. The van der Waals surface area contributed by atoms with Crippen LogP contribution < -0.4 is 0 Å². The van der Waals surface area contributed by atoms with Crippen molar-refractivity contribution in [3.8, 4) is 0 Å². The number of rotatable bonds is 3. The average Bonchev–Trinajstić information content (AvgIpc) is 3.02. The second kappa shape index (κ2) is 8.14. The molecule has 2 saturated heterocycles. The van der Waals surface area contributed by atoms with Gasteiger partial charge in [-0.05, 0) is 74.2 Å². The van der Waals surface area contributed by atoms with Gasteiger partial charge in [-0.3, -0.25) is 4.90 Å². The van der Waals surface area contributed by atoms with Crippen LogP contribution in [0.2, 0.25) is 5.02 Å². The molecule has 2 heterocycles. The Morgan fingerprint density at radius 3 is 2.21 bits per heavy atom. The van der Waals surface area contributed by atoms with Gasteiger partial charge in [-0.1, -0.05) is 41.9 Å². The molecule has 2 fully saturated rings. The van der Waals surface area contributed by atoms with Crippen molar-refractivity contribution in [1.82, 2.24) is 4.90 Å². The lowest BCUT2D eigenvalue weighted by Gasteiger charge is -2.34. The second-order valence-electron chi connectivity index (χ2n) is 6.61. The molecule has 128 valence electrons. The molecule has 0 saturated carbocycles. The van der Waals surface area contributed by atoms with E-state index in [2.05, 4.69) is 41.3 Å². The lowest BCUT2D eigenvalue weighted by atomic mass is 10.0. The Morgan fingerprint density at radius 2 is 1.50 bits per heavy atom. The second-order valence-corrected chi connectivity index (χ2v) is 8.19. The van der Waals surface area contributed by atoms with Crippen LogP contribution in [-0.4, -0.2) is 17.5 Å². The smallest absolute Gasteiger partial charge is 0.0406 e. The Labute approximate surface area is 160 Å². The van der Waals surface area contributed by atoms with Crippen molar-refractivity contribution in [3.05, 3.63) is 59.1 Å². The third kappa shape index (κ3) is 3.94. The summed E-state index contributed by atoms with van der Waals surface area (Å²) in [6, 6.07) is 18.8. The highest BCUT2D eigenvalue weighted by atomic mass is 35.5. The predicted molar refractivity (Wildman–Crippen MR) is 106 cm³/mol. The van der Waals surface area contributed by atoms with Gasteiger partial charge in [0.25, 0.3) is 0 Å². The summed E-state index contributed by atoms with van der Waals surface area (Å²) in [5, 5.41) is 0.794. The normalized spacial score (nSPS) is 23.5. The van der Waals surface area contributed by atoms with E-state index < -0.39 is 0 Å². The molecule has 0 aromatic heterocycles. The molecule has 0 unspecified atom stereocenters. The number of piperidine rings is 1. The molecule has 0 radical (unpaired) electrons. The van der Waals surface area contributed by atoms with Gasteiger partial charge in [0.05, 0.1) is 0 Å². The minimum atomic E-state index is 0. The van der Waals surface area contributed by atoms with Crippen molar-refractivity contribution in [2.45, 2.75) is 54.0 Å². The number of halogens is 2. The Morgan fingerprint density at radius 1 is 0.833 bits per heavy atom. The van der Waals surface area contributed by atoms with Crippen molar-refractivity contribution in [1.29, 1.82) is 0 Å². The van der Waals surface area contributed by atoms with E-state index in [-0.39, 0.29) is 12.4 Å². The monoisotopic (exact) mass is 379 g/mol. The van der Waals surface area contributed by atoms with Crippen molar-refractivity contribution >= 4 is 35.8 Å². The van der Waals surface area contributed by atoms with Gasteiger partial charge in [0.15, 0.2) is 0 Å². The molecule has 4 heteroatoms. The minimum Gasteiger partial charge on any atom is -0.293 e. The molecule has 2 aromatic carbocycles. The van der Waals surface area contributed by atoms with Crippen LogP contribution >= 0.6 is 35.8 Å². The zero-order chi connectivity index (χ0) is 15.6. The Kier molecular flexibility index (Phi) is 6.15. The van der Waals surface area contributed by atoms with E-state index in [1.165, 1.54) is 54.0 Å². The van der Waals surface area contributed by atoms with Crippen LogP contribution in [0.25, 0.3) is 0 Å². The van der Waals surface area contributed by atoms with Gasteiger partial charge in [-0.15, -0.1) is 12.4 Å². The van der Waals surface area contributed by atoms with Gasteiger partial charge < -0.3 is 0 Å². The topological polar surface area (TPSA) is 3.24 Å². The van der Waals surface area contributed by atoms with Crippen LogP contribution in [0.1, 0.15) is 43.7 Å². The predicted octanol–water partition coefficient (Wildman–Crippen LogP) is 6.60. The maximum absolute atomic E-state index is 5.95. The van der Waals surface area contributed by atoms with Crippen molar-refractivity contribution in [3.63, 3.8) is 0 Å². The highest BCUT2D eigenvalue weighted by Gasteiger charge is 2.35. The van der Waals surface area contributed by atoms with Gasteiger partial charge in [-0.25, -0.2) is 0 Å². The molecule has 0 bridgehead atoms. The summed E-state index contributed by atoms with van der Waals surface area (Å²) in [5.74, 6) is 0. The van der Waals surface area contributed by atoms with Crippen LogP contribution in [0.4, 0.5) is 0 Å². The lowest BCUT2D eigenvalue weighted by molar-refractivity contribution is 0.150. The Bertz CT molecular complexity index is 656. The third-order valence-corrected chi connectivity index (χ3v) is 6.43. The zero-order valence-electron chi connectivity index (χ0n) is 13.7. The van der Waals surface area contributed by atoms with Crippen molar-refractivity contribution in [2.75, 3.05) is 6.54 Å². The van der Waals surface area contributed by atoms with Crippen LogP contribution in [0.3, 0.4) is 0 Å². The van der Waals surface area contributed by atoms with Gasteiger partial charge in [-0.2, -0.15) is 0 Å².